The molecule has 2 bridgehead atoms. The van der Waals surface area contributed by atoms with Crippen molar-refractivity contribution < 1.29 is 9.59 Å². The topological polar surface area (TPSA) is 43.9 Å². The Bertz CT molecular complexity index is 1030. The zero-order valence-corrected chi connectivity index (χ0v) is 19.7. The third-order valence-electron chi connectivity index (χ3n) is 6.85. The number of fused-ring (bicyclic) bond motifs is 2. The van der Waals surface area contributed by atoms with Crippen molar-refractivity contribution >= 4 is 23.3 Å². The van der Waals surface area contributed by atoms with Gasteiger partial charge in [0.25, 0.3) is 0 Å². The van der Waals surface area contributed by atoms with Crippen molar-refractivity contribution in [2.24, 2.45) is 0 Å². The summed E-state index contributed by atoms with van der Waals surface area (Å²) >= 11 is 1.65. The predicted octanol–water partition coefficient (Wildman–Crippen LogP) is 4.81. The molecule has 2 aliphatic rings. The van der Waals surface area contributed by atoms with Gasteiger partial charge < -0.3 is 14.7 Å². The van der Waals surface area contributed by atoms with E-state index >= 15 is 0 Å². The lowest BCUT2D eigenvalue weighted by molar-refractivity contribution is -0.134. The van der Waals surface area contributed by atoms with Crippen molar-refractivity contribution in [2.75, 3.05) is 20.1 Å². The average Bonchev–Trinajstić information content (AvgIpc) is 3.45. The van der Waals surface area contributed by atoms with Crippen LogP contribution in [0.2, 0.25) is 0 Å². The highest BCUT2D eigenvalue weighted by Gasteiger charge is 2.45. The van der Waals surface area contributed by atoms with Crippen molar-refractivity contribution in [3.63, 3.8) is 0 Å². The van der Waals surface area contributed by atoms with Gasteiger partial charge in [0.05, 0.1) is 18.0 Å². The van der Waals surface area contributed by atoms with Gasteiger partial charge in [-0.25, -0.2) is 4.79 Å². The fraction of sp³-hybridized carbons (Fsp3) is 0.333. The second kappa shape index (κ2) is 9.40. The van der Waals surface area contributed by atoms with Crippen LogP contribution in [0.4, 0.5) is 4.79 Å². The molecule has 33 heavy (non-hydrogen) atoms. The van der Waals surface area contributed by atoms with E-state index in [4.69, 9.17) is 0 Å². The quantitative estimate of drug-likeness (QED) is 0.550. The van der Waals surface area contributed by atoms with Crippen molar-refractivity contribution in [3.05, 3.63) is 94.2 Å². The highest BCUT2D eigenvalue weighted by atomic mass is 32.1. The Labute approximate surface area is 199 Å². The molecule has 2 saturated heterocycles. The van der Waals surface area contributed by atoms with Gasteiger partial charge in [-0.1, -0.05) is 60.7 Å². The lowest BCUT2D eigenvalue weighted by Crippen LogP contribution is -2.59. The number of carbonyl (C=O) groups is 2. The first-order chi connectivity index (χ1) is 16.1. The Morgan fingerprint density at radius 3 is 2.03 bits per heavy atom. The Kier molecular flexibility index (Phi) is 6.18. The maximum absolute atomic E-state index is 13.9. The molecule has 170 valence electrons. The van der Waals surface area contributed by atoms with Gasteiger partial charge in [-0.05, 0) is 46.4 Å². The number of hydrogen-bond donors (Lipinski definition) is 0. The molecule has 3 heterocycles. The fourth-order valence-electron chi connectivity index (χ4n) is 5.27. The molecule has 5 nitrogen and oxygen atoms in total. The second-order valence-electron chi connectivity index (χ2n) is 9.06. The van der Waals surface area contributed by atoms with Crippen LogP contribution in [0.25, 0.3) is 0 Å². The SMILES string of the molecule is CN(Cc1ccsc1)C(=O)N1[C@@H]2CC[C@H]1CN(C(=O)C(c1ccccc1)c1ccccc1)C2. The van der Waals surface area contributed by atoms with Crippen LogP contribution in [0.1, 0.15) is 35.4 Å². The molecule has 2 fully saturated rings. The number of carbonyl (C=O) groups excluding carboxylic acids is 2. The Morgan fingerprint density at radius 2 is 1.52 bits per heavy atom. The maximum Gasteiger partial charge on any atom is 0.320 e. The molecule has 0 saturated carbocycles. The molecule has 2 aliphatic heterocycles. The molecule has 3 amide bonds. The largest absolute Gasteiger partial charge is 0.338 e. The molecule has 2 atom stereocenters. The second-order valence-corrected chi connectivity index (χ2v) is 9.84. The van der Waals surface area contributed by atoms with Crippen LogP contribution < -0.4 is 0 Å². The zero-order valence-electron chi connectivity index (χ0n) is 18.8. The number of benzene rings is 2. The number of urea groups is 1. The van der Waals surface area contributed by atoms with Crippen molar-refractivity contribution in [3.8, 4) is 0 Å². The van der Waals surface area contributed by atoms with Crippen LogP contribution >= 0.6 is 11.3 Å². The number of hydrogen-bond acceptors (Lipinski definition) is 3. The summed E-state index contributed by atoms with van der Waals surface area (Å²) in [5, 5.41) is 4.12. The summed E-state index contributed by atoms with van der Waals surface area (Å²) in [5.41, 5.74) is 3.18. The minimum Gasteiger partial charge on any atom is -0.338 e. The molecule has 0 aliphatic carbocycles. The van der Waals surface area contributed by atoms with Gasteiger partial charge in [-0.2, -0.15) is 11.3 Å². The first-order valence-electron chi connectivity index (χ1n) is 11.5. The van der Waals surface area contributed by atoms with Crippen LogP contribution in [0.15, 0.2) is 77.5 Å². The highest BCUT2D eigenvalue weighted by Crippen LogP contribution is 2.34. The molecule has 0 radical (unpaired) electrons. The summed E-state index contributed by atoms with van der Waals surface area (Å²) < 4.78 is 0. The lowest BCUT2D eigenvalue weighted by atomic mass is 9.89. The van der Waals surface area contributed by atoms with Crippen LogP contribution in [0.5, 0.6) is 0 Å². The number of thiophene rings is 1. The van der Waals surface area contributed by atoms with Crippen molar-refractivity contribution in [2.45, 2.75) is 37.4 Å². The van der Waals surface area contributed by atoms with Gasteiger partial charge >= 0.3 is 6.03 Å². The van der Waals surface area contributed by atoms with E-state index in [2.05, 4.69) is 11.4 Å². The summed E-state index contributed by atoms with van der Waals surface area (Å²) in [6.45, 7) is 1.82. The normalized spacial score (nSPS) is 19.7. The fourth-order valence-corrected chi connectivity index (χ4v) is 5.93. The molecule has 2 aromatic carbocycles. The molecule has 3 aromatic rings. The number of likely N-dealkylation sites (tertiary alicyclic amines) is 1. The van der Waals surface area contributed by atoms with Crippen LogP contribution in [-0.4, -0.2) is 58.9 Å². The Hall–Kier alpha value is -3.12. The molecular formula is C27H29N3O2S. The molecular weight excluding hydrogens is 430 g/mol. The third-order valence-corrected chi connectivity index (χ3v) is 7.59. The first kappa shape index (κ1) is 21.7. The summed E-state index contributed by atoms with van der Waals surface area (Å²) in [4.78, 5) is 33.0. The predicted molar refractivity (Wildman–Crippen MR) is 131 cm³/mol. The standard InChI is InChI=1S/C27H29N3O2S/c1-28(16-20-14-15-33-19-20)27(32)30-23-12-13-24(30)18-29(17-23)26(31)25(21-8-4-2-5-9-21)22-10-6-3-7-11-22/h2-11,14-15,19,23-25H,12-13,16-18H2,1H3/t23-,24+. The monoisotopic (exact) mass is 459 g/mol. The van der Waals surface area contributed by atoms with E-state index in [-0.39, 0.29) is 29.9 Å². The maximum atomic E-state index is 13.9. The summed E-state index contributed by atoms with van der Waals surface area (Å²) in [5.74, 6) is -0.196. The van der Waals surface area contributed by atoms with Crippen LogP contribution in [0.3, 0.4) is 0 Å². The highest BCUT2D eigenvalue weighted by molar-refractivity contribution is 7.07. The first-order valence-corrected chi connectivity index (χ1v) is 12.5. The smallest absolute Gasteiger partial charge is 0.320 e. The molecule has 1 aromatic heterocycles. The van der Waals surface area contributed by atoms with Gasteiger partial charge in [-0.3, -0.25) is 4.79 Å². The summed E-state index contributed by atoms with van der Waals surface area (Å²) in [6, 6.07) is 22.3. The van der Waals surface area contributed by atoms with Gasteiger partial charge in [-0.15, -0.1) is 0 Å². The van der Waals surface area contributed by atoms with E-state index < -0.39 is 0 Å². The molecule has 0 N–H and O–H groups in total. The van der Waals surface area contributed by atoms with Gasteiger partial charge in [0, 0.05) is 26.7 Å². The van der Waals surface area contributed by atoms with Crippen LogP contribution in [-0.2, 0) is 11.3 Å². The lowest BCUT2D eigenvalue weighted by Gasteiger charge is -2.43. The van der Waals surface area contributed by atoms with Crippen molar-refractivity contribution in [1.82, 2.24) is 14.7 Å². The van der Waals surface area contributed by atoms with E-state index in [0.29, 0.717) is 19.6 Å². The Balaban J connectivity index is 1.33. The van der Waals surface area contributed by atoms with E-state index in [1.54, 1.807) is 11.3 Å². The molecule has 5 rings (SSSR count). The van der Waals surface area contributed by atoms with Gasteiger partial charge in [0.1, 0.15) is 0 Å². The van der Waals surface area contributed by atoms with E-state index in [0.717, 1.165) is 29.5 Å². The number of amides is 3. The molecule has 0 spiro atoms. The average molecular weight is 460 g/mol. The van der Waals surface area contributed by atoms with E-state index in [1.807, 2.05) is 87.8 Å². The molecule has 0 unspecified atom stereocenters. The number of piperazine rings is 1. The van der Waals surface area contributed by atoms with Gasteiger partial charge in [0.2, 0.25) is 5.91 Å². The third kappa shape index (κ3) is 4.40. The van der Waals surface area contributed by atoms with Gasteiger partial charge in [0.15, 0.2) is 0 Å². The van der Waals surface area contributed by atoms with Crippen molar-refractivity contribution in [1.29, 1.82) is 0 Å². The zero-order chi connectivity index (χ0) is 22.8. The molecule has 6 heteroatoms. The van der Waals surface area contributed by atoms with E-state index in [9.17, 15) is 9.59 Å². The minimum absolute atomic E-state index is 0.0727. The summed E-state index contributed by atoms with van der Waals surface area (Å²) in [7, 11) is 1.87. The van der Waals surface area contributed by atoms with E-state index in [1.165, 1.54) is 0 Å². The minimum atomic E-state index is -0.324. The Morgan fingerprint density at radius 1 is 0.939 bits per heavy atom. The number of rotatable bonds is 5. The summed E-state index contributed by atoms with van der Waals surface area (Å²) in [6.07, 6.45) is 1.90. The van der Waals surface area contributed by atoms with Crippen LogP contribution in [0, 0.1) is 0 Å². The number of nitrogens with zero attached hydrogens (tertiary/aromatic N) is 3.